The fourth-order valence-electron chi connectivity index (χ4n) is 0.871. The molecule has 1 aliphatic heterocycles. The van der Waals surface area contributed by atoms with Gasteiger partial charge in [0.15, 0.2) is 0 Å². The number of rotatable bonds is 0. The zero-order valence-electron chi connectivity index (χ0n) is 10.9. The van der Waals surface area contributed by atoms with Crippen molar-refractivity contribution in [2.45, 2.75) is 26.2 Å². The fourth-order valence-corrected chi connectivity index (χ4v) is 0.871. The summed E-state index contributed by atoms with van der Waals surface area (Å²) >= 11 is 0. The van der Waals surface area contributed by atoms with Crippen molar-refractivity contribution in [1.29, 1.82) is 0 Å². The molecule has 0 aliphatic carbocycles. The molecule has 0 atom stereocenters. The van der Waals surface area contributed by atoms with E-state index < -0.39 is 36.0 Å². The van der Waals surface area contributed by atoms with E-state index in [4.69, 9.17) is 0 Å². The van der Waals surface area contributed by atoms with E-state index in [0.29, 0.717) is 0 Å². The van der Waals surface area contributed by atoms with Gasteiger partial charge in [-0.05, 0) is 13.8 Å². The quantitative estimate of drug-likeness (QED) is 0.296. The van der Waals surface area contributed by atoms with Crippen molar-refractivity contribution in [2.24, 2.45) is 0 Å². The maximum Gasteiger partial charge on any atom is 0.112 e. The largest absolute Gasteiger partial charge is 0.585 e. The molecule has 12 nitrogen and oxygen atoms in total. The van der Waals surface area contributed by atoms with Crippen molar-refractivity contribution < 1.29 is 36.2 Å². The van der Waals surface area contributed by atoms with E-state index in [1.807, 2.05) is 0 Å². The van der Waals surface area contributed by atoms with Gasteiger partial charge in [-0.2, -0.15) is 0 Å². The molecule has 0 aromatic carbocycles. The molecule has 123 valence electrons. The first-order valence-electron chi connectivity index (χ1n) is 5.41. The molecule has 4 N–H and O–H groups in total. The Labute approximate surface area is 130 Å². The van der Waals surface area contributed by atoms with Crippen LogP contribution < -0.4 is 21.7 Å². The van der Waals surface area contributed by atoms with Crippen LogP contribution in [0.5, 0.6) is 0 Å². The van der Waals surface area contributed by atoms with Crippen molar-refractivity contribution in [3.63, 3.8) is 0 Å². The molecule has 0 saturated carbocycles. The van der Waals surface area contributed by atoms with Gasteiger partial charge in [-0.1, -0.05) is 0 Å². The van der Waals surface area contributed by atoms with E-state index in [1.165, 1.54) is 13.8 Å². The first-order valence-corrected chi connectivity index (χ1v) is 5.41. The van der Waals surface area contributed by atoms with E-state index >= 15 is 0 Å². The molecule has 21 heavy (non-hydrogen) atoms. The Balaban J connectivity index is 0.00000400. The van der Waals surface area contributed by atoms with Gasteiger partial charge >= 0.3 is 0 Å². The Bertz CT molecular complexity index is 345. The zero-order valence-corrected chi connectivity index (χ0v) is 11.8. The van der Waals surface area contributed by atoms with Gasteiger partial charge in [0, 0.05) is 29.4 Å². The van der Waals surface area contributed by atoms with Crippen LogP contribution in [0, 0.1) is 0 Å². The van der Waals surface area contributed by atoms with Gasteiger partial charge in [0.2, 0.25) is 0 Å². The molecule has 1 fully saturated rings. The van der Waals surface area contributed by atoms with Crippen LogP contribution in [0.25, 0.3) is 21.7 Å². The molecule has 0 aromatic heterocycles. The number of nitrogens with one attached hydrogen (secondary N) is 4. The average molecular weight is 348 g/mol. The molecule has 0 bridgehead atoms. The third-order valence-electron chi connectivity index (χ3n) is 1.80. The summed E-state index contributed by atoms with van der Waals surface area (Å²) in [6.45, 7) is 2.89. The average Bonchev–Trinajstić information content (AvgIpc) is 2.43. The van der Waals surface area contributed by atoms with Gasteiger partial charge in [-0.15, -0.1) is 0 Å². The number of hydrogen-bond acceptors (Lipinski definition) is 8. The van der Waals surface area contributed by atoms with Gasteiger partial charge < -0.3 is 62.6 Å². The van der Waals surface area contributed by atoms with Crippen LogP contribution in [0.4, 0.5) is 0 Å². The molecular weight excluding hydrogens is 336 g/mol. The second-order valence-corrected chi connectivity index (χ2v) is 3.63. The van der Waals surface area contributed by atoms with Gasteiger partial charge in [0.25, 0.3) is 0 Å². The molecule has 1 heterocycles. The standard InChI is InChI=1S/C8H16N8O4.Cu/c1-3-9-13-5(17)7(19)15-11-4(2)12-16-8(20)6(18)14-10-3;/h3-4H,1-2H3,(H8,9,10,11,12,13,14,15,16,17,18,19,20);/p-4. The monoisotopic (exact) mass is 347 g/mol. The molecule has 0 unspecified atom stereocenters. The molecule has 0 spiro atoms. The smallest absolute Gasteiger partial charge is 0.112 e. The third-order valence-corrected chi connectivity index (χ3v) is 1.80. The van der Waals surface area contributed by atoms with E-state index in [-0.39, 0.29) is 17.1 Å². The molecule has 4 amide bonds. The molecule has 13 heteroatoms. The number of amides is 4. The molecule has 1 rings (SSSR count). The minimum Gasteiger partial charge on any atom is -0.585 e. The van der Waals surface area contributed by atoms with Crippen LogP contribution in [0.1, 0.15) is 13.8 Å². The zero-order chi connectivity index (χ0) is 15.1. The molecule has 1 saturated heterocycles. The summed E-state index contributed by atoms with van der Waals surface area (Å²) in [6.07, 6.45) is -1.54. The van der Waals surface area contributed by atoms with E-state index in [1.54, 1.807) is 0 Å². The predicted molar refractivity (Wildman–Crippen MR) is 64.9 cm³/mol. The van der Waals surface area contributed by atoms with Gasteiger partial charge in [0.1, 0.15) is 23.6 Å². The third kappa shape index (κ3) is 6.99. The normalized spacial score (nSPS) is 25.4. The van der Waals surface area contributed by atoms with Crippen LogP contribution in [0.3, 0.4) is 0 Å². The number of nitrogens with zero attached hydrogens (tertiary/aromatic N) is 4. The fraction of sp³-hybridized carbons (Fsp3) is 0.500. The van der Waals surface area contributed by atoms with Crippen LogP contribution in [-0.4, -0.2) is 36.0 Å². The molecule has 0 aromatic rings. The topological polar surface area (TPSA) is 173 Å². The van der Waals surface area contributed by atoms with E-state index in [0.717, 1.165) is 0 Å². The molecule has 1 radical (unpaired) electrons. The Hall–Kier alpha value is -1.76. The summed E-state index contributed by atoms with van der Waals surface area (Å²) in [6, 6.07) is 0. The van der Waals surface area contributed by atoms with E-state index in [2.05, 4.69) is 43.4 Å². The summed E-state index contributed by atoms with van der Waals surface area (Å²) in [5.74, 6) is -4.57. The number of carbonyl (C=O) groups excluding carboxylic acids is 4. The number of hydrogen-bond donors (Lipinski definition) is 4. The Kier molecular flexibility index (Phi) is 8.45. The first kappa shape index (κ1) is 19.2. The van der Waals surface area contributed by atoms with Crippen molar-refractivity contribution in [2.75, 3.05) is 0 Å². The van der Waals surface area contributed by atoms with E-state index in [9.17, 15) is 19.2 Å². The van der Waals surface area contributed by atoms with Crippen LogP contribution in [0.15, 0.2) is 0 Å². The molecular formula is C8H12CuN8O4-4. The van der Waals surface area contributed by atoms with Gasteiger partial charge in [0.05, 0.1) is 0 Å². The Morgan fingerprint density at radius 2 is 0.810 bits per heavy atom. The number of carbonyl (C=O) groups is 4. The Morgan fingerprint density at radius 1 is 0.619 bits per heavy atom. The molecule has 1 aliphatic rings. The van der Waals surface area contributed by atoms with Crippen molar-refractivity contribution in [1.82, 2.24) is 21.7 Å². The summed E-state index contributed by atoms with van der Waals surface area (Å²) in [7, 11) is 0. The maximum absolute atomic E-state index is 11.2. The Morgan fingerprint density at radius 3 is 1.00 bits per heavy atom. The predicted octanol–water partition coefficient (Wildman–Crippen LogP) is -1.69. The second-order valence-electron chi connectivity index (χ2n) is 3.63. The minimum atomic E-state index is -1.14. The second kappa shape index (κ2) is 9.23. The minimum absolute atomic E-state index is 0. The van der Waals surface area contributed by atoms with Crippen LogP contribution >= 0.6 is 0 Å². The van der Waals surface area contributed by atoms with Crippen molar-refractivity contribution >= 4 is 23.6 Å². The van der Waals surface area contributed by atoms with Crippen LogP contribution in [0.2, 0.25) is 0 Å². The SMILES string of the molecule is CC1N[N-]C(=O)C(=O)[N-]NC(C)N[N-]C(=O)C(=O)[N-]N1.[Cu]. The van der Waals surface area contributed by atoms with Gasteiger partial charge in [-0.25, -0.2) is 0 Å². The van der Waals surface area contributed by atoms with Crippen molar-refractivity contribution in [3.8, 4) is 0 Å². The summed E-state index contributed by atoms with van der Waals surface area (Å²) in [4.78, 5) is 44.9. The first-order chi connectivity index (χ1) is 9.40. The van der Waals surface area contributed by atoms with Gasteiger partial charge in [-0.3, -0.25) is 0 Å². The maximum atomic E-state index is 11.2. The van der Waals surface area contributed by atoms with Crippen LogP contribution in [-0.2, 0) is 36.2 Å². The summed E-state index contributed by atoms with van der Waals surface area (Å²) in [5, 5.41) is 0. The summed E-state index contributed by atoms with van der Waals surface area (Å²) < 4.78 is 0. The summed E-state index contributed by atoms with van der Waals surface area (Å²) in [5.41, 5.74) is 21.7. The van der Waals surface area contributed by atoms with Crippen molar-refractivity contribution in [3.05, 3.63) is 21.7 Å².